The number of ether oxygens (including phenoxy) is 1. The van der Waals surface area contributed by atoms with E-state index in [1.54, 1.807) is 0 Å². The maximum Gasteiger partial charge on any atom is 0.472 e. The van der Waals surface area contributed by atoms with Crippen LogP contribution < -0.4 is 0 Å². The third-order valence-corrected chi connectivity index (χ3v) is 4.49. The first-order valence-electron chi connectivity index (χ1n) is 8.98. The summed E-state index contributed by atoms with van der Waals surface area (Å²) in [5, 5.41) is 8.81. The van der Waals surface area contributed by atoms with Crippen LogP contribution in [0.5, 0.6) is 0 Å². The molecule has 26 heavy (non-hydrogen) atoms. The Labute approximate surface area is 156 Å². The molecule has 156 valence electrons. The van der Waals surface area contributed by atoms with Crippen molar-refractivity contribution in [3.63, 3.8) is 0 Å². The fraction of sp³-hybridized carbons (Fsp3) is 0.938. The van der Waals surface area contributed by atoms with Crippen LogP contribution in [0.25, 0.3) is 0 Å². The molecule has 0 aliphatic carbocycles. The molecule has 2 atom stereocenters. The molecule has 9 nitrogen and oxygen atoms in total. The van der Waals surface area contributed by atoms with Gasteiger partial charge >= 0.3 is 13.8 Å². The number of hydrogen-bond acceptors (Lipinski definition) is 7. The predicted octanol–water partition coefficient (Wildman–Crippen LogP) is 2.59. The first kappa shape index (κ1) is 25.5. The van der Waals surface area contributed by atoms with Crippen molar-refractivity contribution >= 4 is 13.8 Å². The van der Waals surface area contributed by atoms with E-state index >= 15 is 0 Å². The summed E-state index contributed by atoms with van der Waals surface area (Å²) >= 11 is 0. The molecule has 0 aliphatic rings. The molecule has 0 saturated heterocycles. The minimum Gasteiger partial charge on any atom is -0.463 e. The van der Waals surface area contributed by atoms with Crippen LogP contribution in [0.2, 0.25) is 0 Å². The maximum absolute atomic E-state index is 11.7. The number of quaternary nitrogens is 1. The number of esters is 1. The molecular weight excluding hydrogens is 365 g/mol. The van der Waals surface area contributed by atoms with Crippen molar-refractivity contribution in [3.8, 4) is 0 Å². The van der Waals surface area contributed by atoms with E-state index in [4.69, 9.17) is 19.0 Å². The molecule has 0 saturated carbocycles. The van der Waals surface area contributed by atoms with E-state index in [1.807, 2.05) is 21.1 Å². The van der Waals surface area contributed by atoms with Gasteiger partial charge in [-0.2, -0.15) is 0 Å². The molecule has 0 aromatic rings. The number of carbonyl (C=O) groups excluding carboxylic acids is 1. The van der Waals surface area contributed by atoms with Crippen LogP contribution in [0.1, 0.15) is 45.4 Å². The first-order chi connectivity index (χ1) is 12.1. The monoisotopic (exact) mass is 400 g/mol. The second-order valence-corrected chi connectivity index (χ2v) is 8.64. The molecule has 0 aromatic heterocycles. The van der Waals surface area contributed by atoms with Crippen molar-refractivity contribution in [1.82, 2.24) is 0 Å². The summed E-state index contributed by atoms with van der Waals surface area (Å²) in [5.74, 6) is -0.407. The van der Waals surface area contributed by atoms with Gasteiger partial charge in [-0.05, 0) is 6.42 Å². The number of unbranched alkanes of at least 4 members (excludes halogenated alkanes) is 4. The summed E-state index contributed by atoms with van der Waals surface area (Å²) < 4.78 is 26.9. The standard InChI is InChI=1S/C16H34NO8P/c1-5-6-7-8-9-10-16(18)22-13-15(25-19)14-24-26(20,21)23-12-11-17(2,3)4/h15H,5-14H2,1-4H3,(H-,19,20,21)/p+1. The molecular formula is C16H35NO8P+. The Morgan fingerprint density at radius 3 is 2.31 bits per heavy atom. The molecule has 0 spiro atoms. The lowest BCUT2D eigenvalue weighted by atomic mass is 10.1. The largest absolute Gasteiger partial charge is 0.472 e. The number of rotatable bonds is 16. The van der Waals surface area contributed by atoms with Crippen LogP contribution in [0.4, 0.5) is 0 Å². The van der Waals surface area contributed by atoms with Gasteiger partial charge in [0, 0.05) is 6.42 Å². The Bertz CT molecular complexity index is 427. The van der Waals surface area contributed by atoms with Crippen LogP contribution in [0, 0.1) is 0 Å². The Kier molecular flexibility index (Phi) is 13.3. The average Bonchev–Trinajstić information content (AvgIpc) is 2.53. The lowest BCUT2D eigenvalue weighted by Gasteiger charge is -2.24. The van der Waals surface area contributed by atoms with Gasteiger partial charge in [0.15, 0.2) is 6.10 Å². The highest BCUT2D eigenvalue weighted by Gasteiger charge is 2.25. The van der Waals surface area contributed by atoms with Gasteiger partial charge in [0.2, 0.25) is 0 Å². The van der Waals surface area contributed by atoms with Crippen molar-refractivity contribution in [2.75, 3.05) is 47.5 Å². The Hall–Kier alpha value is -0.540. The van der Waals surface area contributed by atoms with E-state index < -0.39 is 26.5 Å². The molecule has 0 rings (SSSR count). The fourth-order valence-electron chi connectivity index (χ4n) is 1.88. The van der Waals surface area contributed by atoms with Gasteiger partial charge < -0.3 is 14.1 Å². The minimum absolute atomic E-state index is 0.0367. The molecule has 0 aliphatic heterocycles. The van der Waals surface area contributed by atoms with Crippen molar-refractivity contribution in [2.24, 2.45) is 0 Å². The summed E-state index contributed by atoms with van der Waals surface area (Å²) in [6.45, 7) is 1.95. The summed E-state index contributed by atoms with van der Waals surface area (Å²) in [7, 11) is 1.49. The van der Waals surface area contributed by atoms with Gasteiger partial charge in [-0.25, -0.2) is 9.45 Å². The smallest absolute Gasteiger partial charge is 0.463 e. The Balaban J connectivity index is 3.99. The number of nitrogens with zero attached hydrogens (tertiary/aromatic N) is 1. The third-order valence-electron chi connectivity index (χ3n) is 3.50. The Morgan fingerprint density at radius 2 is 1.73 bits per heavy atom. The van der Waals surface area contributed by atoms with Crippen LogP contribution in [-0.2, 0) is 28.0 Å². The second kappa shape index (κ2) is 13.6. The van der Waals surface area contributed by atoms with Gasteiger partial charge in [-0.3, -0.25) is 19.1 Å². The predicted molar refractivity (Wildman–Crippen MR) is 96.5 cm³/mol. The topological polar surface area (TPSA) is 112 Å². The molecule has 0 amide bonds. The average molecular weight is 400 g/mol. The van der Waals surface area contributed by atoms with Crippen molar-refractivity contribution in [2.45, 2.75) is 51.6 Å². The van der Waals surface area contributed by atoms with Crippen LogP contribution >= 0.6 is 7.82 Å². The summed E-state index contributed by atoms with van der Waals surface area (Å²) in [5.41, 5.74) is 0. The molecule has 0 bridgehead atoms. The second-order valence-electron chi connectivity index (χ2n) is 7.19. The zero-order valence-electron chi connectivity index (χ0n) is 16.4. The van der Waals surface area contributed by atoms with Crippen molar-refractivity contribution < 1.29 is 42.7 Å². The lowest BCUT2D eigenvalue weighted by molar-refractivity contribution is -0.870. The van der Waals surface area contributed by atoms with Crippen LogP contribution in [-0.4, -0.2) is 74.2 Å². The fourth-order valence-corrected chi connectivity index (χ4v) is 2.63. The van der Waals surface area contributed by atoms with Crippen LogP contribution in [0.15, 0.2) is 0 Å². The number of carbonyl (C=O) groups is 1. The Morgan fingerprint density at radius 1 is 1.08 bits per heavy atom. The van der Waals surface area contributed by atoms with E-state index in [0.29, 0.717) is 11.0 Å². The quantitative estimate of drug-likeness (QED) is 0.102. The molecule has 0 aromatic carbocycles. The van der Waals surface area contributed by atoms with Crippen molar-refractivity contribution in [1.29, 1.82) is 0 Å². The van der Waals surface area contributed by atoms with Crippen molar-refractivity contribution in [3.05, 3.63) is 0 Å². The van der Waals surface area contributed by atoms with Gasteiger partial charge in [-0.1, -0.05) is 32.6 Å². The zero-order chi connectivity index (χ0) is 20.1. The normalized spacial score (nSPS) is 15.5. The molecule has 0 fully saturated rings. The molecule has 2 N–H and O–H groups in total. The van der Waals surface area contributed by atoms with E-state index in [0.717, 1.165) is 32.1 Å². The van der Waals surface area contributed by atoms with Gasteiger partial charge in [-0.15, -0.1) is 0 Å². The molecule has 2 unspecified atom stereocenters. The number of hydrogen-bond donors (Lipinski definition) is 2. The number of likely N-dealkylation sites (N-methyl/N-ethyl adjacent to an activating group) is 1. The van der Waals surface area contributed by atoms with E-state index in [2.05, 4.69) is 11.8 Å². The number of phosphoric ester groups is 1. The number of phosphoric acid groups is 1. The van der Waals surface area contributed by atoms with E-state index in [1.165, 1.54) is 0 Å². The molecule has 10 heteroatoms. The molecule has 0 radical (unpaired) electrons. The SMILES string of the molecule is CCCCCCCC(=O)OCC(COP(=O)(O)OCC[N+](C)(C)C)OO. The van der Waals surface area contributed by atoms with E-state index in [-0.39, 0.29) is 19.6 Å². The molecule has 0 heterocycles. The summed E-state index contributed by atoms with van der Waals surface area (Å²) in [4.78, 5) is 25.3. The summed E-state index contributed by atoms with van der Waals surface area (Å²) in [6, 6.07) is 0. The van der Waals surface area contributed by atoms with Gasteiger partial charge in [0.1, 0.15) is 19.8 Å². The highest BCUT2D eigenvalue weighted by Crippen LogP contribution is 2.43. The maximum atomic E-state index is 11.7. The van der Waals surface area contributed by atoms with Gasteiger partial charge in [0.25, 0.3) is 0 Å². The first-order valence-corrected chi connectivity index (χ1v) is 10.5. The van der Waals surface area contributed by atoms with Gasteiger partial charge in [0.05, 0.1) is 27.7 Å². The highest BCUT2D eigenvalue weighted by molar-refractivity contribution is 7.47. The van der Waals surface area contributed by atoms with Crippen LogP contribution in [0.3, 0.4) is 0 Å². The summed E-state index contributed by atoms with van der Waals surface area (Å²) in [6.07, 6.45) is 4.28. The third kappa shape index (κ3) is 15.7. The zero-order valence-corrected chi connectivity index (χ0v) is 17.3. The lowest BCUT2D eigenvalue weighted by Crippen LogP contribution is -2.37. The van der Waals surface area contributed by atoms with E-state index in [9.17, 15) is 14.3 Å². The minimum atomic E-state index is -4.26. The highest BCUT2D eigenvalue weighted by atomic mass is 31.2.